The molecule has 2 aliphatic rings. The minimum absolute atomic E-state index is 0.253. The Morgan fingerprint density at radius 2 is 2.10 bits per heavy atom. The van der Waals surface area contributed by atoms with Crippen molar-refractivity contribution in [3.8, 4) is 0 Å². The van der Waals surface area contributed by atoms with E-state index in [0.717, 1.165) is 12.1 Å². The third-order valence-corrected chi connectivity index (χ3v) is 4.17. The molecular weight excluding hydrogens is 271 g/mol. The summed E-state index contributed by atoms with van der Waals surface area (Å²) in [6.45, 7) is 0.639. The second kappa shape index (κ2) is 3.80. The molecule has 4 N–H and O–H groups in total. The first-order chi connectivity index (χ1) is 9.34. The van der Waals surface area contributed by atoms with Crippen LogP contribution < -0.4 is 11.5 Å². The molecule has 1 unspecified atom stereocenters. The van der Waals surface area contributed by atoms with Crippen LogP contribution in [-0.4, -0.2) is 18.3 Å². The average Bonchev–Trinajstić information content (AvgIpc) is 3.06. The molecule has 0 aromatic heterocycles. The van der Waals surface area contributed by atoms with Crippen molar-refractivity contribution in [2.45, 2.75) is 24.5 Å². The molecule has 3 rings (SSSR count). The van der Waals surface area contributed by atoms with Gasteiger partial charge in [0.15, 0.2) is 5.82 Å². The van der Waals surface area contributed by atoms with Crippen LogP contribution in [0.25, 0.3) is 0 Å². The number of ether oxygens (including phenoxy) is 1. The first kappa shape index (κ1) is 13.1. The lowest BCUT2D eigenvalue weighted by molar-refractivity contribution is 0.0975. The van der Waals surface area contributed by atoms with Crippen LogP contribution in [0.15, 0.2) is 17.1 Å². The van der Waals surface area contributed by atoms with Crippen molar-refractivity contribution in [3.63, 3.8) is 0 Å². The summed E-state index contributed by atoms with van der Waals surface area (Å²) in [6, 6.07) is 1.84. The molecule has 1 aromatic rings. The van der Waals surface area contributed by atoms with Gasteiger partial charge in [0.2, 0.25) is 0 Å². The summed E-state index contributed by atoms with van der Waals surface area (Å²) in [5.74, 6) is -2.35. The zero-order valence-electron chi connectivity index (χ0n) is 10.8. The van der Waals surface area contributed by atoms with E-state index < -0.39 is 40.9 Å². The largest absolute Gasteiger partial charge is 0.459 e. The van der Waals surface area contributed by atoms with Crippen LogP contribution in [0, 0.1) is 17.6 Å². The summed E-state index contributed by atoms with van der Waals surface area (Å²) in [7, 11) is 0. The van der Waals surface area contributed by atoms with Crippen LogP contribution >= 0.6 is 0 Å². The molecule has 0 radical (unpaired) electrons. The van der Waals surface area contributed by atoms with Gasteiger partial charge in [-0.15, -0.1) is 0 Å². The Bertz CT molecular complexity index is 621. The van der Waals surface area contributed by atoms with Crippen LogP contribution in [-0.2, 0) is 10.3 Å². The number of fused-ring (bicyclic) bond motifs is 1. The summed E-state index contributed by atoms with van der Waals surface area (Å²) < 4.78 is 47.4. The van der Waals surface area contributed by atoms with E-state index in [4.69, 9.17) is 16.2 Å². The Morgan fingerprint density at radius 1 is 1.40 bits per heavy atom. The van der Waals surface area contributed by atoms with Crippen molar-refractivity contribution in [2.24, 2.45) is 16.6 Å². The molecule has 0 amide bonds. The molecule has 0 saturated heterocycles. The summed E-state index contributed by atoms with van der Waals surface area (Å²) >= 11 is 0. The molecule has 1 aromatic carbocycles. The molecule has 0 bridgehead atoms. The number of anilines is 1. The van der Waals surface area contributed by atoms with Crippen molar-refractivity contribution < 1.29 is 17.9 Å². The molecule has 108 valence electrons. The molecule has 1 saturated carbocycles. The molecule has 7 heteroatoms. The van der Waals surface area contributed by atoms with E-state index in [1.165, 1.54) is 0 Å². The van der Waals surface area contributed by atoms with Gasteiger partial charge in [0.1, 0.15) is 23.6 Å². The molecule has 1 aliphatic carbocycles. The number of nitrogens with two attached hydrogens (primary N) is 2. The summed E-state index contributed by atoms with van der Waals surface area (Å²) in [5.41, 5.74) is 7.84. The van der Waals surface area contributed by atoms with Gasteiger partial charge in [0, 0.05) is 5.92 Å². The number of aliphatic imine (C=N–C) groups is 1. The zero-order chi connectivity index (χ0) is 14.7. The Hall–Kier alpha value is -1.92. The predicted octanol–water partition coefficient (Wildman–Crippen LogP) is 1.84. The highest BCUT2D eigenvalue weighted by molar-refractivity contribution is 5.75. The topological polar surface area (TPSA) is 73.6 Å². The number of benzene rings is 1. The van der Waals surface area contributed by atoms with Gasteiger partial charge in [-0.3, -0.25) is 0 Å². The average molecular weight is 285 g/mol. The van der Waals surface area contributed by atoms with Gasteiger partial charge in [-0.05, 0) is 25.5 Å². The number of nitrogen functional groups attached to an aromatic ring is 1. The third-order valence-electron chi connectivity index (χ3n) is 4.17. The van der Waals surface area contributed by atoms with Crippen LogP contribution in [0.5, 0.6) is 0 Å². The Labute approximate surface area is 113 Å². The van der Waals surface area contributed by atoms with Gasteiger partial charge in [-0.1, -0.05) is 0 Å². The molecular formula is C13H14F3N3O. The van der Waals surface area contributed by atoms with Gasteiger partial charge in [-0.25, -0.2) is 18.2 Å². The Balaban J connectivity index is 2.25. The molecule has 1 fully saturated rings. The van der Waals surface area contributed by atoms with Crippen molar-refractivity contribution >= 4 is 11.7 Å². The number of alkyl halides is 1. The molecule has 3 atom stereocenters. The number of amidine groups is 1. The van der Waals surface area contributed by atoms with E-state index >= 15 is 0 Å². The molecule has 0 spiro atoms. The second-order valence-corrected chi connectivity index (χ2v) is 5.50. The van der Waals surface area contributed by atoms with E-state index in [-0.39, 0.29) is 11.7 Å². The predicted molar refractivity (Wildman–Crippen MR) is 67.6 cm³/mol. The minimum atomic E-state index is -1.71. The van der Waals surface area contributed by atoms with Crippen LogP contribution in [0.4, 0.5) is 18.9 Å². The lowest BCUT2D eigenvalue weighted by Crippen LogP contribution is -2.43. The van der Waals surface area contributed by atoms with E-state index in [2.05, 4.69) is 4.99 Å². The highest BCUT2D eigenvalue weighted by Gasteiger charge is 2.68. The summed E-state index contributed by atoms with van der Waals surface area (Å²) in [6.07, 6.45) is 0.425. The number of halogens is 3. The van der Waals surface area contributed by atoms with Gasteiger partial charge in [-0.2, -0.15) is 0 Å². The van der Waals surface area contributed by atoms with Crippen molar-refractivity contribution in [3.05, 3.63) is 29.3 Å². The lowest BCUT2D eigenvalue weighted by Gasteiger charge is -2.34. The maximum atomic E-state index is 14.2. The second-order valence-electron chi connectivity index (χ2n) is 5.50. The SMILES string of the molecule is CC12C[C@@H]1[C@](CF)(c1c(F)ccc(N)c1F)N=C(N)O2. The van der Waals surface area contributed by atoms with Gasteiger partial charge < -0.3 is 16.2 Å². The van der Waals surface area contributed by atoms with Crippen molar-refractivity contribution in [1.29, 1.82) is 0 Å². The maximum Gasteiger partial charge on any atom is 0.283 e. The first-order valence-electron chi connectivity index (χ1n) is 6.18. The first-order valence-corrected chi connectivity index (χ1v) is 6.18. The quantitative estimate of drug-likeness (QED) is 0.814. The van der Waals surface area contributed by atoms with Crippen molar-refractivity contribution in [1.82, 2.24) is 0 Å². The van der Waals surface area contributed by atoms with E-state index in [0.29, 0.717) is 6.42 Å². The fourth-order valence-electron chi connectivity index (χ4n) is 3.05. The fourth-order valence-corrected chi connectivity index (χ4v) is 3.05. The summed E-state index contributed by atoms with van der Waals surface area (Å²) in [5, 5.41) is 0. The zero-order valence-corrected chi connectivity index (χ0v) is 10.8. The Kier molecular flexibility index (Phi) is 2.49. The van der Waals surface area contributed by atoms with E-state index in [1.807, 2.05) is 0 Å². The normalized spacial score (nSPS) is 35.0. The van der Waals surface area contributed by atoms with Crippen LogP contribution in [0.2, 0.25) is 0 Å². The molecule has 1 heterocycles. The summed E-state index contributed by atoms with van der Waals surface area (Å²) in [4.78, 5) is 3.89. The van der Waals surface area contributed by atoms with Gasteiger partial charge >= 0.3 is 0 Å². The Morgan fingerprint density at radius 3 is 2.75 bits per heavy atom. The fraction of sp³-hybridized carbons (Fsp3) is 0.462. The standard InChI is InChI=1S/C13H14F3N3O/c1-12-4-8(12)13(5-14,19-11(18)20-12)9-6(15)2-3-7(17)10(9)16/h2-3,8H,4-5,17H2,1H3,(H2,18,19)/t8-,12?,13+/m0/s1. The number of hydrogen-bond acceptors (Lipinski definition) is 4. The monoisotopic (exact) mass is 285 g/mol. The smallest absolute Gasteiger partial charge is 0.283 e. The molecule has 4 nitrogen and oxygen atoms in total. The lowest BCUT2D eigenvalue weighted by atomic mass is 9.83. The highest BCUT2D eigenvalue weighted by Crippen LogP contribution is 2.61. The number of hydrogen-bond donors (Lipinski definition) is 2. The number of rotatable bonds is 2. The molecule has 20 heavy (non-hydrogen) atoms. The maximum absolute atomic E-state index is 14.2. The third kappa shape index (κ3) is 1.52. The van der Waals surface area contributed by atoms with Gasteiger partial charge in [0.05, 0.1) is 11.3 Å². The van der Waals surface area contributed by atoms with Crippen molar-refractivity contribution in [2.75, 3.05) is 12.4 Å². The highest BCUT2D eigenvalue weighted by atomic mass is 19.1. The van der Waals surface area contributed by atoms with Gasteiger partial charge in [0.25, 0.3) is 6.02 Å². The number of nitrogens with zero attached hydrogens (tertiary/aromatic N) is 1. The minimum Gasteiger partial charge on any atom is -0.459 e. The van der Waals surface area contributed by atoms with Crippen LogP contribution in [0.1, 0.15) is 18.9 Å². The molecule has 1 aliphatic heterocycles. The van der Waals surface area contributed by atoms with E-state index in [1.54, 1.807) is 6.92 Å². The van der Waals surface area contributed by atoms with Crippen LogP contribution in [0.3, 0.4) is 0 Å². The van der Waals surface area contributed by atoms with E-state index in [9.17, 15) is 13.2 Å².